The molecule has 0 aliphatic carbocycles. The summed E-state index contributed by atoms with van der Waals surface area (Å²) in [6.07, 6.45) is 0. The van der Waals surface area contributed by atoms with E-state index in [0.717, 1.165) is 18.0 Å². The fourth-order valence-corrected chi connectivity index (χ4v) is 2.20. The van der Waals surface area contributed by atoms with E-state index >= 15 is 0 Å². The van der Waals surface area contributed by atoms with Crippen molar-refractivity contribution < 1.29 is 4.74 Å². The summed E-state index contributed by atoms with van der Waals surface area (Å²) in [7, 11) is 0. The molecule has 0 bridgehead atoms. The lowest BCUT2D eigenvalue weighted by Gasteiger charge is -2.10. The van der Waals surface area contributed by atoms with Gasteiger partial charge in [-0.1, -0.05) is 48.0 Å². The van der Waals surface area contributed by atoms with Crippen LogP contribution >= 0.6 is 0 Å². The second-order valence-corrected chi connectivity index (χ2v) is 4.45. The van der Waals surface area contributed by atoms with Crippen molar-refractivity contribution in [3.05, 3.63) is 59.7 Å². The highest BCUT2D eigenvalue weighted by Crippen LogP contribution is 2.26. The van der Waals surface area contributed by atoms with Crippen LogP contribution in [0.3, 0.4) is 0 Å². The Bertz CT molecular complexity index is 587. The van der Waals surface area contributed by atoms with Crippen molar-refractivity contribution in [1.82, 2.24) is 0 Å². The normalized spacial score (nSPS) is 14.2. The lowest BCUT2D eigenvalue weighted by atomic mass is 9.97. The molecule has 3 rings (SSSR count). The van der Waals surface area contributed by atoms with Crippen molar-refractivity contribution in [2.24, 2.45) is 4.99 Å². The summed E-state index contributed by atoms with van der Waals surface area (Å²) in [5.41, 5.74) is 4.73. The maximum Gasteiger partial charge on any atom is 0.216 e. The molecule has 1 heterocycles. The molecule has 2 heteroatoms. The Balaban J connectivity index is 2.15. The Kier molecular flexibility index (Phi) is 2.85. The van der Waals surface area contributed by atoms with Crippen molar-refractivity contribution in [2.75, 3.05) is 13.2 Å². The van der Waals surface area contributed by atoms with Crippen LogP contribution in [0.5, 0.6) is 0 Å². The Labute approximate surface area is 107 Å². The van der Waals surface area contributed by atoms with Gasteiger partial charge in [0.2, 0.25) is 5.90 Å². The van der Waals surface area contributed by atoms with Crippen LogP contribution < -0.4 is 0 Å². The summed E-state index contributed by atoms with van der Waals surface area (Å²) in [5, 5.41) is 0. The molecule has 0 aromatic heterocycles. The number of aliphatic imine (C=N–C) groups is 1. The average molecular weight is 237 g/mol. The number of rotatable bonds is 2. The Hall–Kier alpha value is -2.09. The van der Waals surface area contributed by atoms with Gasteiger partial charge < -0.3 is 4.74 Å². The van der Waals surface area contributed by atoms with Crippen LogP contribution in [0.2, 0.25) is 0 Å². The number of benzene rings is 2. The molecule has 1 aliphatic heterocycles. The molecule has 18 heavy (non-hydrogen) atoms. The van der Waals surface area contributed by atoms with E-state index in [2.05, 4.69) is 54.4 Å². The van der Waals surface area contributed by atoms with Gasteiger partial charge >= 0.3 is 0 Å². The van der Waals surface area contributed by atoms with E-state index in [1.54, 1.807) is 0 Å². The minimum absolute atomic E-state index is 0.692. The lowest BCUT2D eigenvalue weighted by Crippen LogP contribution is -2.03. The number of aryl methyl sites for hydroxylation is 1. The van der Waals surface area contributed by atoms with Gasteiger partial charge in [-0.25, -0.2) is 4.99 Å². The largest absolute Gasteiger partial charge is 0.475 e. The summed E-state index contributed by atoms with van der Waals surface area (Å²) in [4.78, 5) is 4.42. The first kappa shape index (κ1) is 11.0. The predicted octanol–water partition coefficient (Wildman–Crippen LogP) is 3.44. The van der Waals surface area contributed by atoms with Gasteiger partial charge in [0.1, 0.15) is 6.61 Å². The summed E-state index contributed by atoms with van der Waals surface area (Å²) in [6.45, 7) is 3.56. The van der Waals surface area contributed by atoms with E-state index in [1.165, 1.54) is 16.7 Å². The SMILES string of the molecule is Cc1ccc(C2=NCCO2)c(-c2ccccc2)c1. The third-order valence-electron chi connectivity index (χ3n) is 3.08. The summed E-state index contributed by atoms with van der Waals surface area (Å²) >= 11 is 0. The molecule has 0 saturated carbocycles. The molecule has 0 atom stereocenters. The molecule has 2 nitrogen and oxygen atoms in total. The second kappa shape index (κ2) is 4.65. The number of ether oxygens (including phenoxy) is 1. The Morgan fingerprint density at radius 2 is 1.83 bits per heavy atom. The second-order valence-electron chi connectivity index (χ2n) is 4.45. The first-order valence-corrected chi connectivity index (χ1v) is 6.18. The van der Waals surface area contributed by atoms with Crippen molar-refractivity contribution in [2.45, 2.75) is 6.92 Å². The van der Waals surface area contributed by atoms with E-state index in [4.69, 9.17) is 4.74 Å². The lowest BCUT2D eigenvalue weighted by molar-refractivity contribution is 0.348. The van der Waals surface area contributed by atoms with Gasteiger partial charge in [-0.05, 0) is 24.1 Å². The van der Waals surface area contributed by atoms with Gasteiger partial charge in [0.15, 0.2) is 0 Å². The molecule has 0 radical (unpaired) electrons. The summed E-state index contributed by atoms with van der Waals surface area (Å²) < 4.78 is 5.59. The Morgan fingerprint density at radius 1 is 1.00 bits per heavy atom. The fraction of sp³-hybridized carbons (Fsp3) is 0.188. The van der Waals surface area contributed by atoms with Crippen LogP contribution in [0, 0.1) is 6.92 Å². The standard InChI is InChI=1S/C16H15NO/c1-12-7-8-14(16-17-9-10-18-16)15(11-12)13-5-3-2-4-6-13/h2-8,11H,9-10H2,1H3. The third-order valence-corrected chi connectivity index (χ3v) is 3.08. The van der Waals surface area contributed by atoms with Crippen LogP contribution in [0.25, 0.3) is 11.1 Å². The third kappa shape index (κ3) is 2.02. The monoisotopic (exact) mass is 237 g/mol. The molecule has 0 saturated heterocycles. The van der Waals surface area contributed by atoms with E-state index in [1.807, 2.05) is 6.07 Å². The van der Waals surface area contributed by atoms with Gasteiger partial charge in [0, 0.05) is 5.56 Å². The zero-order valence-electron chi connectivity index (χ0n) is 10.4. The van der Waals surface area contributed by atoms with E-state index in [-0.39, 0.29) is 0 Å². The van der Waals surface area contributed by atoms with Crippen LogP contribution in [0.1, 0.15) is 11.1 Å². The molecule has 90 valence electrons. The number of hydrogen-bond acceptors (Lipinski definition) is 2. The topological polar surface area (TPSA) is 21.6 Å². The molecular formula is C16H15NO. The molecule has 1 aliphatic rings. The minimum atomic E-state index is 0.692. The van der Waals surface area contributed by atoms with Crippen LogP contribution in [-0.4, -0.2) is 19.0 Å². The van der Waals surface area contributed by atoms with Crippen LogP contribution in [0.15, 0.2) is 53.5 Å². The molecule has 0 amide bonds. The Morgan fingerprint density at radius 3 is 2.56 bits per heavy atom. The predicted molar refractivity (Wildman–Crippen MR) is 74.0 cm³/mol. The van der Waals surface area contributed by atoms with E-state index in [9.17, 15) is 0 Å². The molecule has 0 fully saturated rings. The maximum absolute atomic E-state index is 5.59. The number of hydrogen-bond donors (Lipinski definition) is 0. The molecule has 2 aromatic rings. The highest BCUT2D eigenvalue weighted by molar-refractivity contribution is 6.01. The van der Waals surface area contributed by atoms with Gasteiger partial charge in [0.05, 0.1) is 6.54 Å². The van der Waals surface area contributed by atoms with E-state index < -0.39 is 0 Å². The highest BCUT2D eigenvalue weighted by atomic mass is 16.5. The van der Waals surface area contributed by atoms with Gasteiger partial charge in [-0.3, -0.25) is 0 Å². The molecule has 0 spiro atoms. The van der Waals surface area contributed by atoms with Crippen molar-refractivity contribution in [1.29, 1.82) is 0 Å². The first-order valence-electron chi connectivity index (χ1n) is 6.18. The fourth-order valence-electron chi connectivity index (χ4n) is 2.20. The minimum Gasteiger partial charge on any atom is -0.475 e. The summed E-state index contributed by atoms with van der Waals surface area (Å²) in [5.74, 6) is 0.772. The maximum atomic E-state index is 5.59. The molecule has 2 aromatic carbocycles. The zero-order valence-corrected chi connectivity index (χ0v) is 10.4. The van der Waals surface area contributed by atoms with Gasteiger partial charge in [-0.15, -0.1) is 0 Å². The average Bonchev–Trinajstić information content (AvgIpc) is 2.93. The van der Waals surface area contributed by atoms with Gasteiger partial charge in [-0.2, -0.15) is 0 Å². The van der Waals surface area contributed by atoms with Gasteiger partial charge in [0.25, 0.3) is 0 Å². The van der Waals surface area contributed by atoms with Crippen molar-refractivity contribution in [3.63, 3.8) is 0 Å². The highest BCUT2D eigenvalue weighted by Gasteiger charge is 2.15. The molecule has 0 unspecified atom stereocenters. The van der Waals surface area contributed by atoms with E-state index in [0.29, 0.717) is 6.61 Å². The first-order chi connectivity index (χ1) is 8.84. The zero-order chi connectivity index (χ0) is 12.4. The molecular weight excluding hydrogens is 222 g/mol. The summed E-state index contributed by atoms with van der Waals surface area (Å²) in [6, 6.07) is 16.8. The van der Waals surface area contributed by atoms with Crippen molar-refractivity contribution in [3.8, 4) is 11.1 Å². The smallest absolute Gasteiger partial charge is 0.216 e. The quantitative estimate of drug-likeness (QED) is 0.784. The van der Waals surface area contributed by atoms with Crippen LogP contribution in [0.4, 0.5) is 0 Å². The molecule has 0 N–H and O–H groups in total. The van der Waals surface area contributed by atoms with Crippen LogP contribution in [-0.2, 0) is 4.74 Å². The number of nitrogens with zero attached hydrogens (tertiary/aromatic N) is 1. The van der Waals surface area contributed by atoms with Crippen molar-refractivity contribution >= 4 is 5.90 Å².